The molecule has 1 spiro atoms. The molecule has 194 valence electrons. The van der Waals surface area contributed by atoms with Crippen molar-refractivity contribution in [1.82, 2.24) is 0 Å². The van der Waals surface area contributed by atoms with Crippen LogP contribution in [-0.2, 0) is 4.74 Å². The zero-order valence-electron chi connectivity index (χ0n) is 22.3. The third-order valence-electron chi connectivity index (χ3n) is 7.81. The zero-order chi connectivity index (χ0) is 27.4. The van der Waals surface area contributed by atoms with Gasteiger partial charge in [0.1, 0.15) is 11.4 Å². The molecule has 40 heavy (non-hydrogen) atoms. The molecule has 0 N–H and O–H groups in total. The van der Waals surface area contributed by atoms with Crippen molar-refractivity contribution in [2.24, 2.45) is 0 Å². The van der Waals surface area contributed by atoms with Crippen LogP contribution in [-0.4, -0.2) is 5.60 Å². The summed E-state index contributed by atoms with van der Waals surface area (Å²) in [6.07, 6.45) is 10.6. The first kappa shape index (κ1) is 25.2. The Morgan fingerprint density at radius 3 is 2.30 bits per heavy atom. The Labute approximate surface area is 235 Å². The van der Waals surface area contributed by atoms with Gasteiger partial charge in [-0.1, -0.05) is 72.8 Å². The van der Waals surface area contributed by atoms with Gasteiger partial charge in [0.15, 0.2) is 0 Å². The van der Waals surface area contributed by atoms with E-state index in [1.165, 1.54) is 10.8 Å². The smallest absolute Gasteiger partial charge is 0.265 e. The summed E-state index contributed by atoms with van der Waals surface area (Å²) in [5.74, 6) is 0.713. The van der Waals surface area contributed by atoms with E-state index in [2.05, 4.69) is 107 Å². The number of ether oxygens (including phenoxy) is 1. The Morgan fingerprint density at radius 1 is 0.850 bits per heavy atom. The molecule has 0 amide bonds. The molecule has 2 aliphatic rings. The van der Waals surface area contributed by atoms with Gasteiger partial charge in [-0.25, -0.2) is 10.1 Å². The van der Waals surface area contributed by atoms with E-state index in [1.807, 2.05) is 24.3 Å². The summed E-state index contributed by atoms with van der Waals surface area (Å²) in [5, 5.41) is 11.9. The molecule has 1 aliphatic heterocycles. The van der Waals surface area contributed by atoms with Gasteiger partial charge in [-0.15, -0.1) is 0 Å². The molecule has 1 fully saturated rings. The number of benzene rings is 4. The fraction of sp³-hybridized carbons (Fsp3) is 0.167. The van der Waals surface area contributed by atoms with Gasteiger partial charge in [-0.05, 0) is 84.7 Å². The lowest BCUT2D eigenvalue weighted by molar-refractivity contribution is 0.00776. The molecule has 4 heteroatoms. The first-order valence-electron chi connectivity index (χ1n) is 13.7. The van der Waals surface area contributed by atoms with Crippen molar-refractivity contribution in [2.45, 2.75) is 37.7 Å². The highest BCUT2D eigenvalue weighted by Gasteiger charge is 2.39. The van der Waals surface area contributed by atoms with Crippen LogP contribution in [0.2, 0.25) is 0 Å². The van der Waals surface area contributed by atoms with Crippen LogP contribution in [0.3, 0.4) is 0 Å². The van der Waals surface area contributed by atoms with Gasteiger partial charge in [0.05, 0.1) is 18.3 Å². The van der Waals surface area contributed by atoms with Crippen LogP contribution < -0.4 is 4.90 Å². The van der Waals surface area contributed by atoms with E-state index in [9.17, 15) is 5.26 Å². The number of hydrogen-bond acceptors (Lipinski definition) is 3. The fourth-order valence-corrected chi connectivity index (χ4v) is 5.91. The summed E-state index contributed by atoms with van der Waals surface area (Å²) in [5.41, 5.74) is 4.99. The molecular formula is C36H29N3O. The van der Waals surface area contributed by atoms with Crippen LogP contribution in [0.25, 0.3) is 21.7 Å². The summed E-state index contributed by atoms with van der Waals surface area (Å²) in [4.78, 5) is 5.76. The molecule has 1 aliphatic carbocycles. The minimum absolute atomic E-state index is 0.166. The number of para-hydroxylation sites is 1. The molecule has 0 bridgehead atoms. The summed E-state index contributed by atoms with van der Waals surface area (Å²) in [6, 6.07) is 35.9. The summed E-state index contributed by atoms with van der Waals surface area (Å²) in [7, 11) is 0. The fourth-order valence-electron chi connectivity index (χ4n) is 5.91. The molecule has 0 unspecified atom stereocenters. The van der Waals surface area contributed by atoms with E-state index in [0.717, 1.165) is 53.9 Å². The standard InChI is InChI=1S/C36H29N3O/c1-38-34(26-37)29-24-32(40-36(25-29)22-7-8-23-36)21-18-27-16-19-31(20-17-27)39(30-12-3-2-4-13-30)35-15-9-11-28-10-5-6-14-33(28)35/h2-6,9-21,24H,7-8,22-23,25H2/b21-18+,34-29-. The summed E-state index contributed by atoms with van der Waals surface area (Å²) in [6.45, 7) is 7.43. The van der Waals surface area contributed by atoms with E-state index in [4.69, 9.17) is 11.3 Å². The predicted molar refractivity (Wildman–Crippen MR) is 162 cm³/mol. The second-order valence-electron chi connectivity index (χ2n) is 10.4. The Bertz CT molecular complexity index is 1690. The lowest BCUT2D eigenvalue weighted by Crippen LogP contribution is -2.31. The maximum absolute atomic E-state index is 9.48. The van der Waals surface area contributed by atoms with E-state index < -0.39 is 0 Å². The van der Waals surface area contributed by atoms with Gasteiger partial charge < -0.3 is 9.64 Å². The van der Waals surface area contributed by atoms with Crippen LogP contribution in [0.15, 0.2) is 126 Å². The van der Waals surface area contributed by atoms with Crippen molar-refractivity contribution in [3.63, 3.8) is 0 Å². The van der Waals surface area contributed by atoms with Crippen molar-refractivity contribution < 1.29 is 4.74 Å². The van der Waals surface area contributed by atoms with E-state index in [1.54, 1.807) is 0 Å². The number of fused-ring (bicyclic) bond motifs is 1. The van der Waals surface area contributed by atoms with Crippen LogP contribution in [0.1, 0.15) is 37.7 Å². The average molecular weight is 520 g/mol. The molecule has 4 aromatic rings. The molecule has 6 rings (SSSR count). The highest BCUT2D eigenvalue weighted by atomic mass is 16.5. The minimum atomic E-state index is -0.297. The van der Waals surface area contributed by atoms with Crippen LogP contribution in [0.4, 0.5) is 17.1 Å². The van der Waals surface area contributed by atoms with Crippen molar-refractivity contribution in [2.75, 3.05) is 4.90 Å². The highest BCUT2D eigenvalue weighted by Crippen LogP contribution is 2.44. The normalized spacial score (nSPS) is 17.2. The Kier molecular flexibility index (Phi) is 6.92. The predicted octanol–water partition coefficient (Wildman–Crippen LogP) is 9.64. The summed E-state index contributed by atoms with van der Waals surface area (Å²) >= 11 is 0. The highest BCUT2D eigenvalue weighted by molar-refractivity contribution is 5.98. The molecular weight excluding hydrogens is 490 g/mol. The second-order valence-corrected chi connectivity index (χ2v) is 10.4. The summed E-state index contributed by atoms with van der Waals surface area (Å²) < 4.78 is 6.46. The number of nitriles is 1. The number of allylic oxidation sites excluding steroid dienone is 3. The molecule has 4 nitrogen and oxygen atoms in total. The number of rotatable bonds is 5. The lowest BCUT2D eigenvalue weighted by atomic mass is 9.88. The number of hydrogen-bond donors (Lipinski definition) is 0. The molecule has 0 saturated heterocycles. The van der Waals surface area contributed by atoms with E-state index in [0.29, 0.717) is 12.2 Å². The van der Waals surface area contributed by atoms with Gasteiger partial charge in [0.25, 0.3) is 5.70 Å². The third-order valence-corrected chi connectivity index (χ3v) is 7.81. The van der Waals surface area contributed by atoms with E-state index >= 15 is 0 Å². The first-order chi connectivity index (χ1) is 19.7. The Hall–Kier alpha value is -5.06. The molecule has 1 saturated carbocycles. The second kappa shape index (κ2) is 11.0. The molecule has 0 radical (unpaired) electrons. The monoisotopic (exact) mass is 519 g/mol. The maximum atomic E-state index is 9.48. The van der Waals surface area contributed by atoms with Gasteiger partial charge in [0.2, 0.25) is 0 Å². The third kappa shape index (κ3) is 5.00. The Morgan fingerprint density at radius 2 is 1.55 bits per heavy atom. The zero-order valence-corrected chi connectivity index (χ0v) is 22.3. The quantitative estimate of drug-likeness (QED) is 0.195. The van der Waals surface area contributed by atoms with Crippen LogP contribution >= 0.6 is 0 Å². The van der Waals surface area contributed by atoms with E-state index in [-0.39, 0.29) is 11.3 Å². The maximum Gasteiger partial charge on any atom is 0.265 e. The van der Waals surface area contributed by atoms with Crippen molar-refractivity contribution in [3.05, 3.63) is 143 Å². The number of anilines is 3. The van der Waals surface area contributed by atoms with Gasteiger partial charge in [-0.2, -0.15) is 0 Å². The lowest BCUT2D eigenvalue weighted by Gasteiger charge is -2.35. The number of nitrogens with zero attached hydrogens (tertiary/aromatic N) is 3. The van der Waals surface area contributed by atoms with Gasteiger partial charge in [0, 0.05) is 23.2 Å². The SMILES string of the molecule is [C-]#[N+]/C(C#N)=C1C=C(/C=C/c2ccc(N(c3ccccc3)c3cccc4ccccc34)cc2)OC2(CCCC2)C/1. The molecule has 1 heterocycles. The van der Waals surface area contributed by atoms with Crippen LogP contribution in [0.5, 0.6) is 0 Å². The molecule has 4 aromatic carbocycles. The van der Waals surface area contributed by atoms with Gasteiger partial charge in [-0.3, -0.25) is 0 Å². The van der Waals surface area contributed by atoms with Crippen molar-refractivity contribution in [3.8, 4) is 6.07 Å². The Balaban J connectivity index is 1.33. The molecule has 0 aromatic heterocycles. The molecule has 0 atom stereocenters. The van der Waals surface area contributed by atoms with Gasteiger partial charge >= 0.3 is 0 Å². The topological polar surface area (TPSA) is 40.6 Å². The van der Waals surface area contributed by atoms with Crippen molar-refractivity contribution >= 4 is 33.9 Å². The largest absolute Gasteiger partial charge is 0.487 e. The minimum Gasteiger partial charge on any atom is -0.487 e. The first-order valence-corrected chi connectivity index (χ1v) is 13.7. The van der Waals surface area contributed by atoms with Crippen molar-refractivity contribution in [1.29, 1.82) is 5.26 Å². The van der Waals surface area contributed by atoms with Crippen LogP contribution in [0, 0.1) is 17.9 Å². The average Bonchev–Trinajstić information content (AvgIpc) is 3.45.